The molecule has 0 saturated heterocycles. The summed E-state index contributed by atoms with van der Waals surface area (Å²) in [6.07, 6.45) is 0. The molecule has 0 aliphatic rings. The van der Waals surface area contributed by atoms with Gasteiger partial charge >= 0.3 is 5.97 Å². The maximum absolute atomic E-state index is 13.8. The van der Waals surface area contributed by atoms with Crippen molar-refractivity contribution < 1.29 is 27.1 Å². The first-order chi connectivity index (χ1) is 12.2. The molecule has 0 fully saturated rings. The molecule has 0 radical (unpaired) electrons. The molecule has 1 amide bonds. The molecule has 0 atom stereocenters. The van der Waals surface area contributed by atoms with Crippen LogP contribution in [0.4, 0.5) is 10.1 Å². The minimum atomic E-state index is -4.11. The van der Waals surface area contributed by atoms with E-state index in [1.54, 1.807) is 37.3 Å². The van der Waals surface area contributed by atoms with Gasteiger partial charge in [0.15, 0.2) is 6.61 Å². The van der Waals surface area contributed by atoms with Gasteiger partial charge in [0.25, 0.3) is 5.91 Å². The molecular weight excluding hydrogens is 363 g/mol. The third-order valence-electron chi connectivity index (χ3n) is 3.50. The van der Waals surface area contributed by atoms with Crippen LogP contribution >= 0.6 is 0 Å². The summed E-state index contributed by atoms with van der Waals surface area (Å²) < 4.78 is 41.3. The number of ether oxygens (including phenoxy) is 1. The zero-order valence-corrected chi connectivity index (χ0v) is 14.7. The van der Waals surface area contributed by atoms with Crippen molar-refractivity contribution in [1.82, 2.24) is 0 Å². The lowest BCUT2D eigenvalue weighted by molar-refractivity contribution is -0.121. The quantitative estimate of drug-likeness (QED) is 0.768. The summed E-state index contributed by atoms with van der Waals surface area (Å²) in [5.74, 6) is -2.65. The van der Waals surface area contributed by atoms with Crippen LogP contribution in [0.1, 0.15) is 17.3 Å². The second kappa shape index (κ2) is 8.07. The van der Waals surface area contributed by atoms with Crippen LogP contribution < -0.4 is 10.0 Å². The standard InChI is InChI=1S/C17H17FN2O5S/c1-2-20(12-6-4-3-5-7-12)16(21)11-25-17(22)14-10-13(26(19,23)24)8-9-15(14)18/h3-10H,2,11H2,1H3,(H2,19,23,24). The van der Waals surface area contributed by atoms with Gasteiger partial charge in [-0.1, -0.05) is 18.2 Å². The molecule has 2 aromatic rings. The van der Waals surface area contributed by atoms with Crippen molar-refractivity contribution in [3.05, 3.63) is 59.9 Å². The van der Waals surface area contributed by atoms with E-state index in [1.165, 1.54) is 4.90 Å². The highest BCUT2D eigenvalue weighted by Gasteiger charge is 2.20. The molecule has 0 spiro atoms. The van der Waals surface area contributed by atoms with Gasteiger partial charge in [0.2, 0.25) is 10.0 Å². The van der Waals surface area contributed by atoms with E-state index in [0.717, 1.165) is 18.2 Å². The van der Waals surface area contributed by atoms with Crippen LogP contribution in [-0.4, -0.2) is 33.4 Å². The number of benzene rings is 2. The number of nitrogens with two attached hydrogens (primary N) is 1. The molecule has 0 aliphatic heterocycles. The number of primary sulfonamides is 1. The summed E-state index contributed by atoms with van der Waals surface area (Å²) in [4.78, 5) is 25.2. The lowest BCUT2D eigenvalue weighted by Crippen LogP contribution is -2.34. The van der Waals surface area contributed by atoms with E-state index in [4.69, 9.17) is 9.88 Å². The Labute approximate surface area is 150 Å². The highest BCUT2D eigenvalue weighted by Crippen LogP contribution is 2.16. The monoisotopic (exact) mass is 380 g/mol. The first-order valence-corrected chi connectivity index (χ1v) is 9.13. The highest BCUT2D eigenvalue weighted by molar-refractivity contribution is 7.89. The van der Waals surface area contributed by atoms with Crippen LogP contribution in [0.15, 0.2) is 53.4 Å². The van der Waals surface area contributed by atoms with Crippen LogP contribution in [0.25, 0.3) is 0 Å². The second-order valence-corrected chi connectivity index (χ2v) is 6.80. The molecule has 2 rings (SSSR count). The number of sulfonamides is 1. The number of halogens is 1. The van der Waals surface area contributed by atoms with E-state index in [2.05, 4.69) is 0 Å². The van der Waals surface area contributed by atoms with Crippen molar-refractivity contribution in [3.8, 4) is 0 Å². The smallest absolute Gasteiger partial charge is 0.341 e. The number of carbonyl (C=O) groups is 2. The largest absolute Gasteiger partial charge is 0.452 e. The minimum absolute atomic E-state index is 0.343. The Bertz CT molecular complexity index is 916. The van der Waals surface area contributed by atoms with Crippen molar-refractivity contribution in [2.75, 3.05) is 18.1 Å². The summed E-state index contributed by atoms with van der Waals surface area (Å²) in [6.45, 7) is 1.47. The van der Waals surface area contributed by atoms with Gasteiger partial charge in [0.05, 0.1) is 10.5 Å². The zero-order chi connectivity index (χ0) is 19.3. The van der Waals surface area contributed by atoms with E-state index >= 15 is 0 Å². The fourth-order valence-corrected chi connectivity index (χ4v) is 2.77. The fraction of sp³-hybridized carbons (Fsp3) is 0.176. The lowest BCUT2D eigenvalue weighted by Gasteiger charge is -2.20. The molecule has 9 heteroatoms. The molecule has 2 aromatic carbocycles. The molecule has 0 saturated carbocycles. The van der Waals surface area contributed by atoms with Gasteiger partial charge in [0, 0.05) is 12.2 Å². The van der Waals surface area contributed by atoms with Crippen molar-refractivity contribution in [3.63, 3.8) is 0 Å². The second-order valence-electron chi connectivity index (χ2n) is 5.24. The Hall–Kier alpha value is -2.78. The van der Waals surface area contributed by atoms with Crippen molar-refractivity contribution in [2.24, 2.45) is 5.14 Å². The molecule has 138 valence electrons. The molecule has 0 aliphatic carbocycles. The van der Waals surface area contributed by atoms with Gasteiger partial charge in [-0.15, -0.1) is 0 Å². The predicted molar refractivity (Wildman–Crippen MR) is 92.5 cm³/mol. The van der Waals surface area contributed by atoms with Crippen molar-refractivity contribution in [2.45, 2.75) is 11.8 Å². The number of anilines is 1. The third-order valence-corrected chi connectivity index (χ3v) is 4.41. The molecule has 26 heavy (non-hydrogen) atoms. The number of esters is 1. The fourth-order valence-electron chi connectivity index (χ4n) is 2.23. The van der Waals surface area contributed by atoms with E-state index in [0.29, 0.717) is 12.2 Å². The van der Waals surface area contributed by atoms with Gasteiger partial charge in [0.1, 0.15) is 5.82 Å². The molecule has 0 aromatic heterocycles. The van der Waals surface area contributed by atoms with E-state index in [1.807, 2.05) is 0 Å². The number of likely N-dealkylation sites (N-methyl/N-ethyl adjacent to an activating group) is 1. The van der Waals surface area contributed by atoms with Crippen LogP contribution in [0.2, 0.25) is 0 Å². The van der Waals surface area contributed by atoms with Crippen molar-refractivity contribution in [1.29, 1.82) is 0 Å². The first-order valence-electron chi connectivity index (χ1n) is 7.59. The van der Waals surface area contributed by atoms with Crippen LogP contribution in [-0.2, 0) is 19.6 Å². The van der Waals surface area contributed by atoms with E-state index in [-0.39, 0.29) is 0 Å². The van der Waals surface area contributed by atoms with Gasteiger partial charge in [-0.3, -0.25) is 4.79 Å². The van der Waals surface area contributed by atoms with Gasteiger partial charge in [-0.05, 0) is 37.3 Å². The summed E-state index contributed by atoms with van der Waals surface area (Å²) in [5, 5.41) is 4.96. The Morgan fingerprint density at radius 1 is 1.15 bits per heavy atom. The topological polar surface area (TPSA) is 107 Å². The maximum atomic E-state index is 13.8. The average Bonchev–Trinajstić information content (AvgIpc) is 2.60. The molecule has 0 bridgehead atoms. The van der Waals surface area contributed by atoms with Crippen LogP contribution in [0.5, 0.6) is 0 Å². The van der Waals surface area contributed by atoms with Crippen LogP contribution in [0.3, 0.4) is 0 Å². The zero-order valence-electron chi connectivity index (χ0n) is 13.9. The Kier molecular flexibility index (Phi) is 6.06. The molecule has 0 heterocycles. The predicted octanol–water partition coefficient (Wildman–Crippen LogP) is 1.68. The third kappa shape index (κ3) is 4.64. The van der Waals surface area contributed by atoms with E-state index in [9.17, 15) is 22.4 Å². The summed E-state index contributed by atoms with van der Waals surface area (Å²) in [5.41, 5.74) is 0.00513. The normalized spacial score (nSPS) is 11.0. The maximum Gasteiger partial charge on any atom is 0.341 e. The number of nitrogens with zero attached hydrogens (tertiary/aromatic N) is 1. The average molecular weight is 380 g/mol. The molecule has 2 N–H and O–H groups in total. The Morgan fingerprint density at radius 3 is 2.38 bits per heavy atom. The molecular formula is C17H17FN2O5S. The van der Waals surface area contributed by atoms with Crippen LogP contribution in [0, 0.1) is 5.82 Å². The number of hydrogen-bond acceptors (Lipinski definition) is 5. The molecule has 7 nitrogen and oxygen atoms in total. The number of rotatable bonds is 6. The number of carbonyl (C=O) groups excluding carboxylic acids is 2. The summed E-state index contributed by atoms with van der Waals surface area (Å²) >= 11 is 0. The first kappa shape index (κ1) is 19.5. The minimum Gasteiger partial charge on any atom is -0.452 e. The van der Waals surface area contributed by atoms with Crippen molar-refractivity contribution >= 4 is 27.6 Å². The van der Waals surface area contributed by atoms with Gasteiger partial charge in [-0.2, -0.15) is 0 Å². The van der Waals surface area contributed by atoms with Gasteiger partial charge in [-0.25, -0.2) is 22.7 Å². The Balaban J connectivity index is 2.12. The van der Waals surface area contributed by atoms with Gasteiger partial charge < -0.3 is 9.64 Å². The molecule has 0 unspecified atom stereocenters. The number of para-hydroxylation sites is 1. The number of amides is 1. The summed E-state index contributed by atoms with van der Waals surface area (Å²) in [6, 6.07) is 11.2. The van der Waals surface area contributed by atoms with E-state index < -0.39 is 44.8 Å². The number of hydrogen-bond donors (Lipinski definition) is 1. The SMILES string of the molecule is CCN(C(=O)COC(=O)c1cc(S(N)(=O)=O)ccc1F)c1ccccc1. The highest BCUT2D eigenvalue weighted by atomic mass is 32.2. The Morgan fingerprint density at radius 2 is 1.81 bits per heavy atom. The lowest BCUT2D eigenvalue weighted by atomic mass is 10.2. The summed E-state index contributed by atoms with van der Waals surface area (Å²) in [7, 11) is -4.11.